The minimum Gasteiger partial charge on any atom is -0.389 e. The zero-order chi connectivity index (χ0) is 14.8. The van der Waals surface area contributed by atoms with Crippen LogP contribution in [0.2, 0.25) is 0 Å². The number of anilines is 1. The Kier molecular flexibility index (Phi) is 3.93. The normalized spacial score (nSPS) is 18.0. The molecule has 2 aromatic rings. The Labute approximate surface area is 131 Å². The molecule has 108 valence electrons. The fourth-order valence-electron chi connectivity index (χ4n) is 3.10. The predicted octanol–water partition coefficient (Wildman–Crippen LogP) is 3.62. The van der Waals surface area contributed by atoms with Gasteiger partial charge in [0.2, 0.25) is 0 Å². The first-order valence-electron chi connectivity index (χ1n) is 7.35. The fourth-order valence-corrected chi connectivity index (χ4v) is 3.26. The van der Waals surface area contributed by atoms with Crippen LogP contribution in [0, 0.1) is 6.92 Å². The van der Waals surface area contributed by atoms with Crippen LogP contribution in [0.3, 0.4) is 0 Å². The Balaban J connectivity index is 1.85. The van der Waals surface area contributed by atoms with E-state index >= 15 is 0 Å². The van der Waals surface area contributed by atoms with Crippen molar-refractivity contribution < 1.29 is 0 Å². The summed E-state index contributed by atoms with van der Waals surface area (Å²) >= 11 is 5.22. The Hall–Kier alpha value is -1.87. The number of nitrogens with two attached hydrogens (primary N) is 1. The van der Waals surface area contributed by atoms with Gasteiger partial charge in [-0.1, -0.05) is 54.2 Å². The SMILES string of the molecule is Cc1ccc(N2CCC(c3ccccc3)C2)c(C(N)=S)c1. The van der Waals surface area contributed by atoms with Gasteiger partial charge in [-0.25, -0.2) is 0 Å². The highest BCUT2D eigenvalue weighted by molar-refractivity contribution is 7.80. The minimum atomic E-state index is 0.483. The lowest BCUT2D eigenvalue weighted by Crippen LogP contribution is -2.23. The van der Waals surface area contributed by atoms with Crippen molar-refractivity contribution in [2.45, 2.75) is 19.3 Å². The molecule has 0 spiro atoms. The maximum Gasteiger partial charge on any atom is 0.106 e. The summed E-state index contributed by atoms with van der Waals surface area (Å²) in [4.78, 5) is 2.89. The summed E-state index contributed by atoms with van der Waals surface area (Å²) in [5.74, 6) is 0.590. The van der Waals surface area contributed by atoms with Gasteiger partial charge in [0.15, 0.2) is 0 Å². The first kappa shape index (κ1) is 14.1. The summed E-state index contributed by atoms with van der Waals surface area (Å²) in [6.07, 6.45) is 1.18. The summed E-state index contributed by atoms with van der Waals surface area (Å²) in [6.45, 7) is 4.16. The van der Waals surface area contributed by atoms with Gasteiger partial charge in [-0.15, -0.1) is 0 Å². The van der Waals surface area contributed by atoms with Gasteiger partial charge in [-0.3, -0.25) is 0 Å². The van der Waals surface area contributed by atoms with Gasteiger partial charge in [0.05, 0.1) is 0 Å². The Morgan fingerprint density at radius 2 is 1.95 bits per heavy atom. The molecule has 2 nitrogen and oxygen atoms in total. The standard InChI is InChI=1S/C18H20N2S/c1-13-7-8-17(16(11-13)18(19)21)20-10-9-15(12-20)14-5-3-2-4-6-14/h2-8,11,15H,9-10,12H2,1H3,(H2,19,21). The van der Waals surface area contributed by atoms with Gasteiger partial charge in [0.1, 0.15) is 4.99 Å². The van der Waals surface area contributed by atoms with Crippen molar-refractivity contribution in [3.05, 3.63) is 65.2 Å². The maximum absolute atomic E-state index is 5.90. The van der Waals surface area contributed by atoms with E-state index in [9.17, 15) is 0 Å². The number of benzene rings is 2. The van der Waals surface area contributed by atoms with Crippen LogP contribution < -0.4 is 10.6 Å². The third-order valence-electron chi connectivity index (χ3n) is 4.22. The van der Waals surface area contributed by atoms with Gasteiger partial charge >= 0.3 is 0 Å². The number of nitrogens with zero attached hydrogens (tertiary/aromatic N) is 1. The van der Waals surface area contributed by atoms with Crippen LogP contribution in [-0.4, -0.2) is 18.1 Å². The van der Waals surface area contributed by atoms with E-state index in [1.807, 2.05) is 0 Å². The van der Waals surface area contributed by atoms with Crippen LogP contribution in [0.4, 0.5) is 5.69 Å². The number of rotatable bonds is 3. The van der Waals surface area contributed by atoms with Gasteiger partial charge < -0.3 is 10.6 Å². The van der Waals surface area contributed by atoms with E-state index in [2.05, 4.69) is 60.4 Å². The molecule has 2 N–H and O–H groups in total. The zero-order valence-corrected chi connectivity index (χ0v) is 13.1. The van der Waals surface area contributed by atoms with Crippen LogP contribution in [0.5, 0.6) is 0 Å². The number of hydrogen-bond donors (Lipinski definition) is 1. The van der Waals surface area contributed by atoms with Crippen LogP contribution in [0.15, 0.2) is 48.5 Å². The Bertz CT molecular complexity index is 652. The van der Waals surface area contributed by atoms with E-state index < -0.39 is 0 Å². The van der Waals surface area contributed by atoms with Crippen LogP contribution in [0.25, 0.3) is 0 Å². The third-order valence-corrected chi connectivity index (χ3v) is 4.44. The molecular formula is C18H20N2S. The molecule has 1 saturated heterocycles. The molecule has 2 aromatic carbocycles. The first-order chi connectivity index (χ1) is 10.1. The second kappa shape index (κ2) is 5.86. The lowest BCUT2D eigenvalue weighted by atomic mass is 9.99. The summed E-state index contributed by atoms with van der Waals surface area (Å²) in [7, 11) is 0. The second-order valence-corrected chi connectivity index (χ2v) is 6.17. The molecular weight excluding hydrogens is 276 g/mol. The molecule has 0 aliphatic carbocycles. The van der Waals surface area contributed by atoms with Gasteiger partial charge in [-0.2, -0.15) is 0 Å². The molecule has 21 heavy (non-hydrogen) atoms. The van der Waals surface area contributed by atoms with E-state index in [0.717, 1.165) is 18.7 Å². The smallest absolute Gasteiger partial charge is 0.106 e. The summed E-state index contributed by atoms with van der Waals surface area (Å²) in [5.41, 5.74) is 10.7. The Morgan fingerprint density at radius 1 is 1.19 bits per heavy atom. The second-order valence-electron chi connectivity index (χ2n) is 5.73. The van der Waals surface area contributed by atoms with Crippen LogP contribution in [-0.2, 0) is 0 Å². The Morgan fingerprint density at radius 3 is 2.67 bits per heavy atom. The van der Waals surface area contributed by atoms with Crippen LogP contribution >= 0.6 is 12.2 Å². The van der Waals surface area contributed by atoms with E-state index in [1.54, 1.807) is 0 Å². The molecule has 1 atom stereocenters. The molecule has 0 saturated carbocycles. The lowest BCUT2D eigenvalue weighted by Gasteiger charge is -2.22. The molecule has 3 heteroatoms. The molecule has 0 amide bonds. The topological polar surface area (TPSA) is 29.3 Å². The van der Waals surface area contributed by atoms with Crippen molar-refractivity contribution in [1.82, 2.24) is 0 Å². The van der Waals surface area contributed by atoms with Crippen molar-refractivity contribution in [2.24, 2.45) is 5.73 Å². The van der Waals surface area contributed by atoms with Gasteiger partial charge in [0, 0.05) is 30.3 Å². The number of thiocarbonyl (C=S) groups is 1. The van der Waals surface area contributed by atoms with E-state index in [0.29, 0.717) is 10.9 Å². The molecule has 1 heterocycles. The molecule has 0 bridgehead atoms. The highest BCUT2D eigenvalue weighted by Gasteiger charge is 2.25. The fraction of sp³-hybridized carbons (Fsp3) is 0.278. The lowest BCUT2D eigenvalue weighted by molar-refractivity contribution is 0.775. The van der Waals surface area contributed by atoms with Crippen molar-refractivity contribution in [1.29, 1.82) is 0 Å². The minimum absolute atomic E-state index is 0.483. The monoisotopic (exact) mass is 296 g/mol. The average Bonchev–Trinajstić information content (AvgIpc) is 2.97. The van der Waals surface area contributed by atoms with Gasteiger partial charge in [-0.05, 0) is 31.0 Å². The van der Waals surface area contributed by atoms with Crippen LogP contribution in [0.1, 0.15) is 29.0 Å². The van der Waals surface area contributed by atoms with E-state index in [-0.39, 0.29) is 0 Å². The van der Waals surface area contributed by atoms with Crippen molar-refractivity contribution in [3.63, 3.8) is 0 Å². The first-order valence-corrected chi connectivity index (χ1v) is 7.76. The predicted molar refractivity (Wildman–Crippen MR) is 93.1 cm³/mol. The highest BCUT2D eigenvalue weighted by Crippen LogP contribution is 2.32. The molecule has 1 aliphatic heterocycles. The molecule has 1 aliphatic rings. The van der Waals surface area contributed by atoms with Crippen molar-refractivity contribution in [2.75, 3.05) is 18.0 Å². The quantitative estimate of drug-likeness (QED) is 0.877. The third kappa shape index (κ3) is 2.93. The number of hydrogen-bond acceptors (Lipinski definition) is 2. The van der Waals surface area contributed by atoms with Gasteiger partial charge in [0.25, 0.3) is 0 Å². The van der Waals surface area contributed by atoms with Crippen molar-refractivity contribution in [3.8, 4) is 0 Å². The van der Waals surface area contributed by atoms with Crippen molar-refractivity contribution >= 4 is 22.9 Å². The summed E-state index contributed by atoms with van der Waals surface area (Å²) in [5, 5.41) is 0. The summed E-state index contributed by atoms with van der Waals surface area (Å²) < 4.78 is 0. The molecule has 0 aromatic heterocycles. The molecule has 1 unspecified atom stereocenters. The molecule has 1 fully saturated rings. The highest BCUT2D eigenvalue weighted by atomic mass is 32.1. The molecule has 3 rings (SSSR count). The zero-order valence-electron chi connectivity index (χ0n) is 12.3. The molecule has 0 radical (unpaired) electrons. The maximum atomic E-state index is 5.90. The average molecular weight is 296 g/mol. The number of aryl methyl sites for hydroxylation is 1. The summed E-state index contributed by atoms with van der Waals surface area (Å²) in [6, 6.07) is 17.1. The van der Waals surface area contributed by atoms with E-state index in [4.69, 9.17) is 18.0 Å². The van der Waals surface area contributed by atoms with E-state index in [1.165, 1.54) is 23.2 Å². The largest absolute Gasteiger partial charge is 0.389 e.